The van der Waals surface area contributed by atoms with Gasteiger partial charge in [0.1, 0.15) is 0 Å². The number of rotatable bonds is 1. The van der Waals surface area contributed by atoms with Crippen LogP contribution in [0, 0.1) is 11.8 Å². The first-order chi connectivity index (χ1) is 14.8. The highest BCUT2D eigenvalue weighted by Gasteiger charge is 2.72. The van der Waals surface area contributed by atoms with E-state index < -0.39 is 20.5 Å². The number of nitrogens with zero attached hydrogens (tertiary/aromatic N) is 1. The van der Waals surface area contributed by atoms with Gasteiger partial charge in [0.25, 0.3) is 0 Å². The minimum absolute atomic E-state index is 0.194. The molecule has 3 nitrogen and oxygen atoms in total. The summed E-state index contributed by atoms with van der Waals surface area (Å²) in [4.78, 5) is 29.1. The maximum atomic E-state index is 13.9. The Bertz CT molecular complexity index is 1200. The summed E-state index contributed by atoms with van der Waals surface area (Å²) in [5.41, 5.74) is 4.29. The first kappa shape index (κ1) is 20.0. The van der Waals surface area contributed by atoms with Crippen molar-refractivity contribution in [3.63, 3.8) is 0 Å². The summed E-state index contributed by atoms with van der Waals surface area (Å²) in [7, 11) is 0. The van der Waals surface area contributed by atoms with Gasteiger partial charge in [0.05, 0.1) is 36.2 Å². The van der Waals surface area contributed by atoms with Crippen molar-refractivity contribution in [2.75, 3.05) is 4.90 Å². The fraction of sp³-hybridized carbons (Fsp3) is 0.167. The maximum absolute atomic E-state index is 13.9. The van der Waals surface area contributed by atoms with Gasteiger partial charge in [0, 0.05) is 0 Å². The molecule has 154 valence electrons. The molecule has 4 aliphatic rings. The molecule has 3 aromatic rings. The van der Waals surface area contributed by atoms with Gasteiger partial charge in [-0.1, -0.05) is 110 Å². The second-order valence-corrected chi connectivity index (χ2v) is 11.3. The Hall–Kier alpha value is -1.66. The number of hydrogen-bond donors (Lipinski definition) is 0. The lowest BCUT2D eigenvalue weighted by molar-refractivity contribution is -0.122. The molecule has 0 saturated carbocycles. The SMILES string of the molecule is O=C1C2C(C(=O)N1c1cccc(Cl)c1Cl)C1(Br)c3ccccc3C2(Br)c2ccccc21. The van der Waals surface area contributed by atoms with Crippen LogP contribution in [0.5, 0.6) is 0 Å². The number of halogens is 4. The van der Waals surface area contributed by atoms with Crippen LogP contribution in [0.4, 0.5) is 5.69 Å². The molecule has 0 aromatic heterocycles. The third-order valence-electron chi connectivity index (χ3n) is 6.76. The van der Waals surface area contributed by atoms with E-state index in [1.807, 2.05) is 48.5 Å². The van der Waals surface area contributed by atoms with Crippen molar-refractivity contribution in [1.82, 2.24) is 0 Å². The maximum Gasteiger partial charge on any atom is 0.239 e. The standard InChI is InChI=1S/C24H13Br2Cl2NO2/c25-23-12-6-1-2-7-13(12)24(26,15-9-4-3-8-14(15)23)19-18(23)21(30)29(22(19)31)17-11-5-10-16(27)20(17)28/h1-11,18-19H. The van der Waals surface area contributed by atoms with Gasteiger partial charge >= 0.3 is 0 Å². The lowest BCUT2D eigenvalue weighted by atomic mass is 9.54. The van der Waals surface area contributed by atoms with Crippen LogP contribution in [0.3, 0.4) is 0 Å². The van der Waals surface area contributed by atoms with Crippen molar-refractivity contribution in [2.24, 2.45) is 11.8 Å². The molecule has 2 amide bonds. The lowest BCUT2D eigenvalue weighted by Crippen LogP contribution is -2.56. The number of carbonyl (C=O) groups excluding carboxylic acids is 2. The summed E-state index contributed by atoms with van der Waals surface area (Å²) in [5, 5.41) is 0.491. The van der Waals surface area contributed by atoms with E-state index in [0.717, 1.165) is 22.3 Å². The highest BCUT2D eigenvalue weighted by molar-refractivity contribution is 9.10. The van der Waals surface area contributed by atoms with E-state index in [0.29, 0.717) is 10.7 Å². The molecule has 2 bridgehead atoms. The quantitative estimate of drug-likeness (QED) is 0.248. The first-order valence-electron chi connectivity index (χ1n) is 9.72. The van der Waals surface area contributed by atoms with Crippen LogP contribution in [0.15, 0.2) is 66.7 Å². The van der Waals surface area contributed by atoms with Gasteiger partial charge in [-0.15, -0.1) is 0 Å². The van der Waals surface area contributed by atoms with Crippen molar-refractivity contribution in [3.8, 4) is 0 Å². The average Bonchev–Trinajstić information content (AvgIpc) is 3.05. The predicted octanol–water partition coefficient (Wildman–Crippen LogP) is 6.40. The second kappa shape index (κ2) is 6.44. The number of alkyl halides is 2. The molecule has 1 heterocycles. The number of carbonyl (C=O) groups is 2. The number of amides is 2. The summed E-state index contributed by atoms with van der Waals surface area (Å²) >= 11 is 20.6. The molecular formula is C24H13Br2Cl2NO2. The Labute approximate surface area is 205 Å². The molecule has 1 aliphatic heterocycles. The number of imide groups is 1. The van der Waals surface area contributed by atoms with Crippen molar-refractivity contribution in [3.05, 3.63) is 99.0 Å². The fourth-order valence-electron chi connectivity index (χ4n) is 5.57. The van der Waals surface area contributed by atoms with Gasteiger partial charge in [-0.25, -0.2) is 4.90 Å². The lowest BCUT2D eigenvalue weighted by Gasteiger charge is -2.55. The zero-order valence-corrected chi connectivity index (χ0v) is 20.5. The number of anilines is 1. The minimum Gasteiger partial charge on any atom is -0.274 e. The van der Waals surface area contributed by atoms with Crippen molar-refractivity contribution in [2.45, 2.75) is 8.65 Å². The molecule has 0 spiro atoms. The molecule has 1 fully saturated rings. The molecule has 3 aromatic carbocycles. The van der Waals surface area contributed by atoms with Crippen molar-refractivity contribution >= 4 is 72.6 Å². The molecule has 7 rings (SSSR count). The van der Waals surface area contributed by atoms with Gasteiger partial charge in [0.15, 0.2) is 0 Å². The smallest absolute Gasteiger partial charge is 0.239 e. The third kappa shape index (κ3) is 2.21. The van der Waals surface area contributed by atoms with E-state index >= 15 is 0 Å². The van der Waals surface area contributed by atoms with Crippen LogP contribution in [0.2, 0.25) is 10.0 Å². The molecule has 2 unspecified atom stereocenters. The molecule has 0 radical (unpaired) electrons. The first-order valence-corrected chi connectivity index (χ1v) is 12.1. The topological polar surface area (TPSA) is 37.4 Å². The minimum atomic E-state index is -0.826. The van der Waals surface area contributed by atoms with E-state index in [9.17, 15) is 9.59 Å². The summed E-state index contributed by atoms with van der Waals surface area (Å²) in [6, 6.07) is 20.9. The molecule has 1 saturated heterocycles. The Kier molecular flexibility index (Phi) is 4.15. The number of hydrogen-bond acceptors (Lipinski definition) is 2. The van der Waals surface area contributed by atoms with Gasteiger partial charge in [-0.2, -0.15) is 0 Å². The van der Waals surface area contributed by atoms with Gasteiger partial charge in [0.2, 0.25) is 11.8 Å². The number of benzene rings is 3. The summed E-state index contributed by atoms with van der Waals surface area (Å²) in [5.74, 6) is -1.86. The van der Waals surface area contributed by atoms with Crippen LogP contribution in [-0.2, 0) is 18.2 Å². The predicted molar refractivity (Wildman–Crippen MR) is 128 cm³/mol. The zero-order valence-electron chi connectivity index (χ0n) is 15.8. The molecular weight excluding hydrogens is 565 g/mol. The van der Waals surface area contributed by atoms with E-state index in [1.165, 1.54) is 4.90 Å². The normalized spacial score (nSPS) is 30.3. The zero-order chi connectivity index (χ0) is 21.7. The molecule has 7 heteroatoms. The van der Waals surface area contributed by atoms with Crippen LogP contribution < -0.4 is 4.90 Å². The molecule has 3 aliphatic carbocycles. The highest BCUT2D eigenvalue weighted by Crippen LogP contribution is 2.71. The highest BCUT2D eigenvalue weighted by atomic mass is 79.9. The summed E-state index contributed by atoms with van der Waals surface area (Å²) in [6.45, 7) is 0. The van der Waals surface area contributed by atoms with Gasteiger partial charge in [-0.3, -0.25) is 9.59 Å². The second-order valence-electron chi connectivity index (χ2n) is 8.05. The van der Waals surface area contributed by atoms with E-state index in [-0.39, 0.29) is 16.8 Å². The largest absolute Gasteiger partial charge is 0.274 e. The van der Waals surface area contributed by atoms with Gasteiger partial charge in [-0.05, 0) is 34.4 Å². The Morgan fingerprint density at radius 2 is 1.10 bits per heavy atom. The van der Waals surface area contributed by atoms with Crippen molar-refractivity contribution in [1.29, 1.82) is 0 Å². The molecule has 31 heavy (non-hydrogen) atoms. The van der Waals surface area contributed by atoms with Gasteiger partial charge < -0.3 is 0 Å². The van der Waals surface area contributed by atoms with Crippen LogP contribution in [0.1, 0.15) is 22.3 Å². The van der Waals surface area contributed by atoms with Crippen LogP contribution >= 0.6 is 55.1 Å². The Morgan fingerprint density at radius 1 is 0.677 bits per heavy atom. The van der Waals surface area contributed by atoms with E-state index in [4.69, 9.17) is 23.2 Å². The Balaban J connectivity index is 1.67. The van der Waals surface area contributed by atoms with Crippen molar-refractivity contribution < 1.29 is 9.59 Å². The Morgan fingerprint density at radius 3 is 1.52 bits per heavy atom. The average molecular weight is 578 g/mol. The van der Waals surface area contributed by atoms with E-state index in [2.05, 4.69) is 31.9 Å². The summed E-state index contributed by atoms with van der Waals surface area (Å²) < 4.78 is -1.65. The van der Waals surface area contributed by atoms with Crippen LogP contribution in [0.25, 0.3) is 0 Å². The van der Waals surface area contributed by atoms with E-state index in [1.54, 1.807) is 18.2 Å². The fourth-order valence-corrected chi connectivity index (χ4v) is 8.25. The summed E-state index contributed by atoms with van der Waals surface area (Å²) in [6.07, 6.45) is 0. The monoisotopic (exact) mass is 575 g/mol. The molecule has 0 N–H and O–H groups in total. The molecule has 2 atom stereocenters. The third-order valence-corrected chi connectivity index (χ3v) is 10.3. The van der Waals surface area contributed by atoms with Crippen LogP contribution in [-0.4, -0.2) is 11.8 Å².